The number of urea groups is 2. The van der Waals surface area contributed by atoms with Gasteiger partial charge in [0.15, 0.2) is 0 Å². The van der Waals surface area contributed by atoms with Gasteiger partial charge in [0.2, 0.25) is 20.0 Å². The number of benzene rings is 4. The Hall–Kier alpha value is -5.92. The molecule has 2 saturated heterocycles. The van der Waals surface area contributed by atoms with Crippen molar-refractivity contribution in [2.45, 2.75) is 111 Å². The van der Waals surface area contributed by atoms with Gasteiger partial charge in [-0.25, -0.2) is 35.9 Å². The van der Waals surface area contributed by atoms with Crippen LogP contribution in [0.2, 0.25) is 10.0 Å². The van der Waals surface area contributed by atoms with E-state index < -0.39 is 32.3 Å². The zero-order chi connectivity index (χ0) is 67.4. The highest BCUT2D eigenvalue weighted by molar-refractivity contribution is 7.89. The molecule has 28 heteroatoms. The Bertz CT molecular complexity index is 3520. The first-order valence-electron chi connectivity index (χ1n) is 32.3. The number of hydrogen-bond acceptors (Lipinski definition) is 18. The summed E-state index contributed by atoms with van der Waals surface area (Å²) in [6.45, 7) is 10.1. The highest BCUT2D eigenvalue weighted by Crippen LogP contribution is 2.45. The van der Waals surface area contributed by atoms with Crippen LogP contribution in [-0.2, 0) is 51.8 Å². The number of carbonyl (C=O) groups excluding carboxylic acids is 2. The van der Waals surface area contributed by atoms with Gasteiger partial charge in [-0.1, -0.05) is 29.3 Å². The molecular formula is C66H92Cl2N12O12S2. The second-order valence-electron chi connectivity index (χ2n) is 24.5. The Balaban J connectivity index is 0.612. The van der Waals surface area contributed by atoms with Crippen molar-refractivity contribution in [1.82, 2.24) is 50.3 Å². The molecule has 24 nitrogen and oxygen atoms in total. The second-order valence-corrected chi connectivity index (χ2v) is 28.9. The van der Waals surface area contributed by atoms with Crippen LogP contribution in [0.15, 0.2) is 70.5 Å². The van der Waals surface area contributed by atoms with Crippen LogP contribution in [0, 0.1) is 36.5 Å². The number of unbranched alkanes of at least 4 members (excludes halogenated alkanes) is 1. The molecule has 0 spiro atoms. The number of rotatable bonds is 35. The number of fused-ring (bicyclic) bond motifs is 2. The molecule has 2 heterocycles. The monoisotopic (exact) mass is 1380 g/mol. The van der Waals surface area contributed by atoms with Crippen LogP contribution >= 0.6 is 23.2 Å². The number of amides is 4. The summed E-state index contributed by atoms with van der Waals surface area (Å²) in [5.41, 5.74) is 5.76. The maximum atomic E-state index is 13.6. The minimum Gasteiger partial charge on any atom is -0.484 e. The topological polar surface area (TPSA) is 291 Å². The largest absolute Gasteiger partial charge is 0.484 e. The van der Waals surface area contributed by atoms with Gasteiger partial charge in [0.05, 0.1) is 98.0 Å². The van der Waals surface area contributed by atoms with Crippen LogP contribution in [0.4, 0.5) is 9.59 Å². The van der Waals surface area contributed by atoms with Crippen molar-refractivity contribution < 1.29 is 54.8 Å². The van der Waals surface area contributed by atoms with E-state index >= 15 is 0 Å². The number of sulfonamides is 2. The smallest absolute Gasteiger partial charge is 0.314 e. The summed E-state index contributed by atoms with van der Waals surface area (Å²) in [4.78, 5) is 34.0. The molecule has 4 aliphatic rings. The van der Waals surface area contributed by atoms with Crippen molar-refractivity contribution in [2.75, 3.05) is 146 Å². The third kappa shape index (κ3) is 20.6. The minimum atomic E-state index is -3.94. The average molecular weight is 1380 g/mol. The van der Waals surface area contributed by atoms with E-state index in [9.17, 15) is 36.9 Å². The van der Waals surface area contributed by atoms with Crippen molar-refractivity contribution in [1.29, 1.82) is 10.5 Å². The number of carbonyl (C=O) groups is 2. The number of nitrogens with zero attached hydrogens (tertiary/aromatic N) is 6. The molecule has 0 radical (unpaired) electrons. The number of ether oxygens (including phenoxy) is 6. The number of nitriles is 2. The Morgan fingerprint density at radius 2 is 1.02 bits per heavy atom. The maximum Gasteiger partial charge on any atom is 0.314 e. The molecule has 6 atom stereocenters. The number of likely N-dealkylation sites (N-methyl/N-ethyl adjacent to an activating group) is 2. The second kappa shape index (κ2) is 35.9. The lowest BCUT2D eigenvalue weighted by Crippen LogP contribution is -2.51. The van der Waals surface area contributed by atoms with Gasteiger partial charge in [0.1, 0.15) is 23.7 Å². The normalized spacial score (nSPS) is 19.9. The molecule has 514 valence electrons. The summed E-state index contributed by atoms with van der Waals surface area (Å²) < 4.78 is 94.8. The molecule has 2 aliphatic heterocycles. The molecule has 8 rings (SSSR count). The molecule has 0 aromatic heterocycles. The molecule has 2 aliphatic carbocycles. The fourth-order valence-electron chi connectivity index (χ4n) is 12.6. The maximum absolute atomic E-state index is 13.6. The Morgan fingerprint density at radius 3 is 1.48 bits per heavy atom. The van der Waals surface area contributed by atoms with Crippen LogP contribution in [0.25, 0.3) is 0 Å². The van der Waals surface area contributed by atoms with Crippen LogP contribution < -0.4 is 40.2 Å². The summed E-state index contributed by atoms with van der Waals surface area (Å²) in [5, 5.41) is 31.9. The van der Waals surface area contributed by atoms with Gasteiger partial charge in [-0.3, -0.25) is 9.80 Å². The van der Waals surface area contributed by atoms with E-state index in [1.807, 2.05) is 19.1 Å². The molecule has 0 unspecified atom stereocenters. The summed E-state index contributed by atoms with van der Waals surface area (Å²) in [6.07, 6.45) is 5.95. The van der Waals surface area contributed by atoms with E-state index in [1.54, 1.807) is 49.4 Å². The van der Waals surface area contributed by atoms with Crippen LogP contribution in [0.3, 0.4) is 0 Å². The zero-order valence-electron chi connectivity index (χ0n) is 54.8. The van der Waals surface area contributed by atoms with Crippen molar-refractivity contribution in [3.05, 3.63) is 115 Å². The molecule has 94 heavy (non-hydrogen) atoms. The first-order chi connectivity index (χ1) is 45.2. The fraction of sp³-hybridized carbons (Fsp3) is 0.576. The zero-order valence-corrected chi connectivity index (χ0v) is 57.9. The lowest BCUT2D eigenvalue weighted by molar-refractivity contribution is 0.0377. The van der Waals surface area contributed by atoms with E-state index in [0.717, 1.165) is 74.1 Å². The molecule has 4 aromatic carbocycles. The number of aryl methyl sites for hydroxylation is 1. The molecule has 4 aromatic rings. The predicted molar refractivity (Wildman–Crippen MR) is 359 cm³/mol. The summed E-state index contributed by atoms with van der Waals surface area (Å²) >= 11 is 13.0. The highest BCUT2D eigenvalue weighted by atomic mass is 35.5. The summed E-state index contributed by atoms with van der Waals surface area (Å²) in [6, 6.07) is 21.5. The number of halogens is 2. The number of piperidine rings is 2. The summed E-state index contributed by atoms with van der Waals surface area (Å²) in [5.74, 6) is 0.984. The first kappa shape index (κ1) is 73.9. The van der Waals surface area contributed by atoms with E-state index in [-0.39, 0.29) is 113 Å². The Morgan fingerprint density at radius 1 is 0.574 bits per heavy atom. The van der Waals surface area contributed by atoms with Gasteiger partial charge < -0.3 is 59.5 Å². The number of hydrogen-bond donors (Lipinski definition) is 6. The molecule has 0 bridgehead atoms. The van der Waals surface area contributed by atoms with Gasteiger partial charge >= 0.3 is 12.1 Å². The lowest BCUT2D eigenvalue weighted by Gasteiger charge is -2.41. The van der Waals surface area contributed by atoms with Crippen molar-refractivity contribution in [3.8, 4) is 23.6 Å². The lowest BCUT2D eigenvalue weighted by atomic mass is 10.0. The molecule has 0 saturated carbocycles. The SMILES string of the molecule is Cc1cc(S(=O)(=O)NCCOCCOCCNC(=O)NCCCCNC(=O)NCCOCCOCCNS(=O)(=O)c2cccc(O[C@H]3c4cc(Cl)cc(C#N)c4C[C@@H]3N3CCC[C@@H](N(C)C)C3)c2C)ccc1O[C@H]1c2cc(Cl)cc(C#N)c2C[C@@H]1N1CCC[C@@H](N(C)C)C1. The first-order valence-corrected chi connectivity index (χ1v) is 36.0. The Labute approximate surface area is 564 Å². The third-order valence-electron chi connectivity index (χ3n) is 17.7. The summed E-state index contributed by atoms with van der Waals surface area (Å²) in [7, 11) is 0.570. The van der Waals surface area contributed by atoms with Gasteiger partial charge in [0, 0.05) is 80.1 Å². The predicted octanol–water partition coefficient (Wildman–Crippen LogP) is 6.20. The van der Waals surface area contributed by atoms with Crippen LogP contribution in [0.5, 0.6) is 11.5 Å². The quantitative estimate of drug-likeness (QED) is 0.0280. The average Bonchev–Trinajstić information content (AvgIpc) is 1.61. The highest BCUT2D eigenvalue weighted by Gasteiger charge is 2.44. The number of nitrogens with one attached hydrogen (secondary N) is 6. The number of likely N-dealkylation sites (tertiary alicyclic amines) is 2. The van der Waals surface area contributed by atoms with Crippen molar-refractivity contribution >= 4 is 55.3 Å². The van der Waals surface area contributed by atoms with Gasteiger partial charge in [-0.2, -0.15) is 10.5 Å². The van der Waals surface area contributed by atoms with Crippen LogP contribution in [-0.4, -0.2) is 219 Å². The molecule has 2 fully saturated rings. The third-order valence-corrected chi connectivity index (χ3v) is 21.2. The van der Waals surface area contributed by atoms with E-state index in [1.165, 1.54) is 6.07 Å². The Kier molecular flexibility index (Phi) is 28.2. The van der Waals surface area contributed by atoms with E-state index in [4.69, 9.17) is 51.6 Å². The van der Waals surface area contributed by atoms with E-state index in [0.29, 0.717) is 94.7 Å². The molecule has 4 amide bonds. The molecular weight excluding hydrogens is 1290 g/mol. The van der Waals surface area contributed by atoms with Gasteiger partial charge in [-0.15, -0.1) is 0 Å². The van der Waals surface area contributed by atoms with Crippen molar-refractivity contribution in [2.24, 2.45) is 0 Å². The van der Waals surface area contributed by atoms with Gasteiger partial charge in [-0.05, 0) is 189 Å². The standard InChI is InChI=1S/C66H92Cl2N12O12S2/c1-45-34-53(16-17-60(45)91-63-56-37-49(67)35-47(41-69)54(56)39-58(63)79-24-10-12-51(43-79)77(3)4)93(83,84)75-22-28-89-32-30-87-26-20-73-65(81)71-18-7-8-19-72-66(82)74-21-27-88-31-33-90-29-23-76-94(85,86)62-15-9-14-61(46(62)2)92-64-57-38-50(68)36-48(42-70)55(57)40-59(64)80-25-11-13-52(44-80)78(5)6/h9,14-17,34-38,51-52,58-59,63-64,75-76H,7-8,10-13,18-33,39-40,43-44H2,1-6H3,(H2,71,73,81)(H2,72,74,82)/t51-,52-,58+,59+,63+,64+/m1/s1. The van der Waals surface area contributed by atoms with E-state index in [2.05, 4.69) is 90.6 Å². The molecule has 6 N–H and O–H groups in total. The van der Waals surface area contributed by atoms with Gasteiger partial charge in [0.25, 0.3) is 0 Å². The fourth-order valence-corrected chi connectivity index (χ4v) is 15.4. The minimum absolute atomic E-state index is 0.0245. The van der Waals surface area contributed by atoms with Crippen LogP contribution in [0.1, 0.15) is 95.2 Å². The van der Waals surface area contributed by atoms with Crippen molar-refractivity contribution in [3.63, 3.8) is 0 Å².